The molecule has 6 nitrogen and oxygen atoms in total. The van der Waals surface area contributed by atoms with Crippen molar-refractivity contribution in [3.8, 4) is 0 Å². The van der Waals surface area contributed by atoms with Crippen LogP contribution in [0, 0.1) is 0 Å². The van der Waals surface area contributed by atoms with Crippen LogP contribution < -0.4 is 9.80 Å². The topological polar surface area (TPSA) is 52.6 Å². The van der Waals surface area contributed by atoms with Gasteiger partial charge in [0.25, 0.3) is 5.91 Å². The van der Waals surface area contributed by atoms with Crippen LogP contribution in [0.5, 0.6) is 0 Å². The van der Waals surface area contributed by atoms with Crippen molar-refractivity contribution >= 4 is 28.2 Å². The van der Waals surface area contributed by atoms with Gasteiger partial charge >= 0.3 is 0 Å². The van der Waals surface area contributed by atoms with Gasteiger partial charge in [0.2, 0.25) is 0 Å². The Kier molecular flexibility index (Phi) is 5.34. The summed E-state index contributed by atoms with van der Waals surface area (Å²) >= 11 is 0. The molecule has 0 atom stereocenters. The van der Waals surface area contributed by atoms with Gasteiger partial charge in [0.1, 0.15) is 0 Å². The van der Waals surface area contributed by atoms with Crippen LogP contribution in [0.1, 0.15) is 21.6 Å². The molecule has 6 rings (SSSR count). The third-order valence-corrected chi connectivity index (χ3v) is 6.93. The second kappa shape index (κ2) is 8.78. The molecule has 34 heavy (non-hydrogen) atoms. The number of rotatable bonds is 5. The minimum absolute atomic E-state index is 0.142. The first-order chi connectivity index (χ1) is 16.8. The fourth-order valence-corrected chi connectivity index (χ4v) is 5.10. The van der Waals surface area contributed by atoms with Crippen molar-refractivity contribution in [2.24, 2.45) is 0 Å². The standard InChI is InChI=1S/C28H27N5O/c34-28-27-22(20-33(28)15-12-23-9-8-21-4-1-2-6-25(21)30-23)5-3-7-26(27)32-18-16-31(17-19-32)24-10-13-29-14-11-24/h1-11,13-14H,12,15-20H2. The van der Waals surface area contributed by atoms with E-state index in [-0.39, 0.29) is 5.91 Å². The van der Waals surface area contributed by atoms with Gasteiger partial charge in [0.15, 0.2) is 0 Å². The average Bonchev–Trinajstić information content (AvgIpc) is 3.23. The lowest BCUT2D eigenvalue weighted by Crippen LogP contribution is -2.47. The molecule has 0 spiro atoms. The fourth-order valence-electron chi connectivity index (χ4n) is 5.10. The molecule has 0 saturated carbocycles. The van der Waals surface area contributed by atoms with Crippen LogP contribution in [-0.2, 0) is 13.0 Å². The number of carbonyl (C=O) groups excluding carboxylic acids is 1. The minimum atomic E-state index is 0.142. The van der Waals surface area contributed by atoms with E-state index in [9.17, 15) is 4.79 Å². The van der Waals surface area contributed by atoms with Crippen LogP contribution >= 0.6 is 0 Å². The highest BCUT2D eigenvalue weighted by atomic mass is 16.2. The average molecular weight is 450 g/mol. The van der Waals surface area contributed by atoms with Gasteiger partial charge in [-0.15, -0.1) is 0 Å². The Bertz CT molecular complexity index is 1330. The zero-order valence-corrected chi connectivity index (χ0v) is 19.1. The van der Waals surface area contributed by atoms with Crippen molar-refractivity contribution in [2.75, 3.05) is 42.5 Å². The van der Waals surface area contributed by atoms with Gasteiger partial charge in [-0.25, -0.2) is 0 Å². The number of anilines is 2. The maximum Gasteiger partial charge on any atom is 0.256 e. The molecular weight excluding hydrogens is 422 g/mol. The second-order valence-electron chi connectivity index (χ2n) is 8.96. The number of hydrogen-bond donors (Lipinski definition) is 0. The largest absolute Gasteiger partial charge is 0.368 e. The van der Waals surface area contributed by atoms with E-state index in [0.717, 1.165) is 66.0 Å². The molecule has 6 heteroatoms. The number of para-hydroxylation sites is 1. The molecular formula is C28H27N5O. The Morgan fingerprint density at radius 3 is 2.44 bits per heavy atom. The molecule has 4 heterocycles. The van der Waals surface area contributed by atoms with E-state index in [4.69, 9.17) is 4.98 Å². The molecule has 0 unspecified atom stereocenters. The summed E-state index contributed by atoms with van der Waals surface area (Å²) in [7, 11) is 0. The van der Waals surface area contributed by atoms with Gasteiger partial charge in [-0.2, -0.15) is 0 Å². The normalized spacial score (nSPS) is 15.8. The summed E-state index contributed by atoms with van der Waals surface area (Å²) in [4.78, 5) is 29.1. The molecule has 0 bridgehead atoms. The maximum absolute atomic E-state index is 13.4. The van der Waals surface area contributed by atoms with Gasteiger partial charge in [-0.1, -0.05) is 36.4 Å². The quantitative estimate of drug-likeness (QED) is 0.458. The van der Waals surface area contributed by atoms with Crippen molar-refractivity contribution in [3.63, 3.8) is 0 Å². The number of pyridine rings is 2. The smallest absolute Gasteiger partial charge is 0.256 e. The Morgan fingerprint density at radius 2 is 1.59 bits per heavy atom. The number of amides is 1. The van der Waals surface area contributed by atoms with Crippen molar-refractivity contribution in [1.82, 2.24) is 14.9 Å². The maximum atomic E-state index is 13.4. The van der Waals surface area contributed by atoms with Crippen molar-refractivity contribution < 1.29 is 4.79 Å². The van der Waals surface area contributed by atoms with E-state index >= 15 is 0 Å². The summed E-state index contributed by atoms with van der Waals surface area (Å²) < 4.78 is 0. The lowest BCUT2D eigenvalue weighted by atomic mass is 10.1. The van der Waals surface area contributed by atoms with Gasteiger partial charge in [-0.05, 0) is 35.9 Å². The van der Waals surface area contributed by atoms with Gasteiger partial charge in [0, 0.05) is 80.5 Å². The van der Waals surface area contributed by atoms with Crippen LogP contribution in [0.25, 0.3) is 10.9 Å². The fraction of sp³-hybridized carbons (Fsp3) is 0.250. The first kappa shape index (κ1) is 20.7. The van der Waals surface area contributed by atoms with E-state index in [1.54, 1.807) is 0 Å². The monoisotopic (exact) mass is 449 g/mol. The number of carbonyl (C=O) groups is 1. The molecule has 4 aromatic rings. The van der Waals surface area contributed by atoms with Gasteiger partial charge < -0.3 is 14.7 Å². The van der Waals surface area contributed by atoms with Gasteiger partial charge in [-0.3, -0.25) is 14.8 Å². The van der Waals surface area contributed by atoms with Crippen LogP contribution in [0.2, 0.25) is 0 Å². The predicted octanol–water partition coefficient (Wildman–Crippen LogP) is 4.15. The van der Waals surface area contributed by atoms with E-state index in [1.807, 2.05) is 35.5 Å². The van der Waals surface area contributed by atoms with Gasteiger partial charge in [0.05, 0.1) is 11.1 Å². The zero-order chi connectivity index (χ0) is 22.9. The highest BCUT2D eigenvalue weighted by Crippen LogP contribution is 2.33. The summed E-state index contributed by atoms with van der Waals surface area (Å²) in [6, 6.07) is 22.7. The number of fused-ring (bicyclic) bond motifs is 2. The highest BCUT2D eigenvalue weighted by Gasteiger charge is 2.32. The van der Waals surface area contributed by atoms with Crippen LogP contribution in [0.4, 0.5) is 11.4 Å². The molecule has 0 N–H and O–H groups in total. The summed E-state index contributed by atoms with van der Waals surface area (Å²) in [5.41, 5.74) is 6.32. The third-order valence-electron chi connectivity index (χ3n) is 6.93. The summed E-state index contributed by atoms with van der Waals surface area (Å²) in [6.45, 7) is 5.00. The summed E-state index contributed by atoms with van der Waals surface area (Å²) in [5.74, 6) is 0.142. The SMILES string of the molecule is O=C1c2c(cccc2N2CCN(c3ccncc3)CC2)CN1CCc1ccc2ccccc2n1. The van der Waals surface area contributed by atoms with Crippen molar-refractivity contribution in [2.45, 2.75) is 13.0 Å². The van der Waals surface area contributed by atoms with E-state index in [2.05, 4.69) is 63.3 Å². The molecule has 1 saturated heterocycles. The number of benzene rings is 2. The molecule has 0 radical (unpaired) electrons. The molecule has 2 aliphatic heterocycles. The first-order valence-corrected chi connectivity index (χ1v) is 11.9. The van der Waals surface area contributed by atoms with E-state index in [1.165, 1.54) is 5.69 Å². The molecule has 2 aromatic carbocycles. The van der Waals surface area contributed by atoms with Crippen molar-refractivity contribution in [3.05, 3.63) is 95.9 Å². The van der Waals surface area contributed by atoms with E-state index < -0.39 is 0 Å². The number of hydrogen-bond acceptors (Lipinski definition) is 5. The Balaban J connectivity index is 1.15. The number of aromatic nitrogens is 2. The van der Waals surface area contributed by atoms with Crippen LogP contribution in [0.3, 0.4) is 0 Å². The lowest BCUT2D eigenvalue weighted by molar-refractivity contribution is 0.0780. The summed E-state index contributed by atoms with van der Waals surface area (Å²) in [6.07, 6.45) is 4.43. The van der Waals surface area contributed by atoms with Crippen molar-refractivity contribution in [1.29, 1.82) is 0 Å². The molecule has 0 aliphatic carbocycles. The molecule has 1 fully saturated rings. The lowest BCUT2D eigenvalue weighted by Gasteiger charge is -2.38. The third kappa shape index (κ3) is 3.85. The highest BCUT2D eigenvalue weighted by molar-refractivity contribution is 6.03. The Labute approximate surface area is 199 Å². The Morgan fingerprint density at radius 1 is 0.794 bits per heavy atom. The molecule has 170 valence electrons. The van der Waals surface area contributed by atoms with E-state index in [0.29, 0.717) is 13.1 Å². The number of piperazine rings is 1. The number of nitrogens with zero attached hydrogens (tertiary/aromatic N) is 5. The first-order valence-electron chi connectivity index (χ1n) is 11.9. The summed E-state index contributed by atoms with van der Waals surface area (Å²) in [5, 5.41) is 1.14. The predicted molar refractivity (Wildman–Crippen MR) is 135 cm³/mol. The molecule has 1 amide bonds. The Hall–Kier alpha value is -3.93. The van der Waals surface area contributed by atoms with Crippen LogP contribution in [-0.4, -0.2) is 53.5 Å². The zero-order valence-electron chi connectivity index (χ0n) is 19.1. The molecule has 2 aliphatic rings. The minimum Gasteiger partial charge on any atom is -0.368 e. The van der Waals surface area contributed by atoms with Crippen LogP contribution in [0.15, 0.2) is 79.1 Å². The second-order valence-corrected chi connectivity index (χ2v) is 8.96. The molecule has 2 aromatic heterocycles.